The molecule has 1 aliphatic heterocycles. The Hall–Kier alpha value is -2.40. The van der Waals surface area contributed by atoms with Crippen molar-refractivity contribution in [1.82, 2.24) is 10.3 Å². The minimum atomic E-state index is -0.0383. The maximum Gasteiger partial charge on any atom is 0.251 e. The van der Waals surface area contributed by atoms with E-state index >= 15 is 0 Å². The molecule has 5 nitrogen and oxygen atoms in total. The normalized spacial score (nSPS) is 16.6. The summed E-state index contributed by atoms with van der Waals surface area (Å²) in [6.45, 7) is 3.51. The largest absolute Gasteiger partial charge is 0.383 e. The van der Waals surface area contributed by atoms with Crippen molar-refractivity contribution in [2.75, 3.05) is 18.9 Å². The van der Waals surface area contributed by atoms with Crippen molar-refractivity contribution in [3.63, 3.8) is 0 Å². The molecule has 3 N–H and O–H groups in total. The molecule has 1 fully saturated rings. The first-order chi connectivity index (χ1) is 12.6. The molecule has 5 heteroatoms. The van der Waals surface area contributed by atoms with Gasteiger partial charge in [-0.2, -0.15) is 0 Å². The van der Waals surface area contributed by atoms with E-state index in [2.05, 4.69) is 10.3 Å². The maximum absolute atomic E-state index is 12.3. The molecule has 0 spiro atoms. The molecule has 0 unspecified atom stereocenters. The number of rotatable bonds is 7. The minimum Gasteiger partial charge on any atom is -0.383 e. The number of nitrogens with zero attached hydrogens (tertiary/aromatic N) is 1. The number of hydrogen-bond donors (Lipinski definition) is 2. The lowest BCUT2D eigenvalue weighted by Gasteiger charge is -2.10. The molecule has 2 aromatic rings. The van der Waals surface area contributed by atoms with Crippen LogP contribution < -0.4 is 11.1 Å². The van der Waals surface area contributed by atoms with Gasteiger partial charge in [-0.05, 0) is 68.9 Å². The zero-order valence-electron chi connectivity index (χ0n) is 15.3. The number of carbonyl (C=O) groups is 1. The van der Waals surface area contributed by atoms with Gasteiger partial charge in [-0.1, -0.05) is 12.1 Å². The molecule has 2 heterocycles. The van der Waals surface area contributed by atoms with Gasteiger partial charge in [0.05, 0.1) is 6.10 Å². The number of nitrogen functional groups attached to an aromatic ring is 1. The third-order valence-corrected chi connectivity index (χ3v) is 4.78. The Morgan fingerprint density at radius 2 is 2.04 bits per heavy atom. The molecule has 1 aromatic carbocycles. The molecule has 138 valence electrons. The van der Waals surface area contributed by atoms with E-state index in [1.807, 2.05) is 43.3 Å². The van der Waals surface area contributed by atoms with Crippen LogP contribution in [0, 0.1) is 6.92 Å². The van der Waals surface area contributed by atoms with Crippen LogP contribution in [0.15, 0.2) is 36.4 Å². The van der Waals surface area contributed by atoms with Gasteiger partial charge in [0.1, 0.15) is 5.82 Å². The van der Waals surface area contributed by atoms with Crippen molar-refractivity contribution in [2.24, 2.45) is 0 Å². The SMILES string of the molecule is Cc1ccc(-c2ccc(C(=O)NCCCC[C@H]3CCCO3)cc2)c(N)n1. The van der Waals surface area contributed by atoms with Crippen molar-refractivity contribution >= 4 is 11.7 Å². The highest BCUT2D eigenvalue weighted by atomic mass is 16.5. The van der Waals surface area contributed by atoms with Crippen molar-refractivity contribution in [1.29, 1.82) is 0 Å². The number of aryl methyl sites for hydroxylation is 1. The van der Waals surface area contributed by atoms with Gasteiger partial charge >= 0.3 is 0 Å². The van der Waals surface area contributed by atoms with Crippen LogP contribution in [-0.2, 0) is 4.74 Å². The molecule has 3 rings (SSSR count). The number of unbranched alkanes of at least 4 members (excludes halogenated alkanes) is 1. The Kier molecular flexibility index (Phi) is 6.23. The summed E-state index contributed by atoms with van der Waals surface area (Å²) in [7, 11) is 0. The predicted molar refractivity (Wildman–Crippen MR) is 104 cm³/mol. The standard InChI is InChI=1S/C21H27N3O2/c1-15-7-12-19(20(22)24-15)16-8-10-17(11-9-16)21(25)23-13-3-2-5-18-6-4-14-26-18/h7-12,18H,2-6,13-14H2,1H3,(H2,22,24)(H,23,25)/t18-/m0/s1. The van der Waals surface area contributed by atoms with E-state index in [1.165, 1.54) is 12.8 Å². The second kappa shape index (κ2) is 8.81. The van der Waals surface area contributed by atoms with Crippen LogP contribution in [0.2, 0.25) is 0 Å². The number of anilines is 1. The lowest BCUT2D eigenvalue weighted by Crippen LogP contribution is -2.24. The lowest BCUT2D eigenvalue weighted by atomic mass is 10.0. The van der Waals surface area contributed by atoms with Crippen LogP contribution in [0.4, 0.5) is 5.82 Å². The number of pyridine rings is 1. The van der Waals surface area contributed by atoms with Crippen LogP contribution in [0.3, 0.4) is 0 Å². The van der Waals surface area contributed by atoms with Gasteiger partial charge in [-0.3, -0.25) is 4.79 Å². The molecule has 1 amide bonds. The summed E-state index contributed by atoms with van der Waals surface area (Å²) in [6.07, 6.45) is 5.96. The molecular weight excluding hydrogens is 326 g/mol. The maximum atomic E-state index is 12.3. The van der Waals surface area contributed by atoms with Crippen molar-refractivity contribution in [2.45, 2.75) is 45.1 Å². The summed E-state index contributed by atoms with van der Waals surface area (Å²) >= 11 is 0. The summed E-state index contributed by atoms with van der Waals surface area (Å²) in [5.41, 5.74) is 9.39. The molecular formula is C21H27N3O2. The number of aromatic nitrogens is 1. The van der Waals surface area contributed by atoms with E-state index in [1.54, 1.807) is 0 Å². The highest BCUT2D eigenvalue weighted by Gasteiger charge is 2.14. The average molecular weight is 353 g/mol. The molecule has 0 radical (unpaired) electrons. The van der Waals surface area contributed by atoms with E-state index in [4.69, 9.17) is 10.5 Å². The Morgan fingerprint density at radius 3 is 2.73 bits per heavy atom. The summed E-state index contributed by atoms with van der Waals surface area (Å²) in [4.78, 5) is 16.5. The Morgan fingerprint density at radius 1 is 1.23 bits per heavy atom. The van der Waals surface area contributed by atoms with E-state index in [0.29, 0.717) is 24.0 Å². The van der Waals surface area contributed by atoms with E-state index in [-0.39, 0.29) is 5.91 Å². The van der Waals surface area contributed by atoms with Gasteiger partial charge in [0.25, 0.3) is 5.91 Å². The van der Waals surface area contributed by atoms with Gasteiger partial charge in [-0.15, -0.1) is 0 Å². The van der Waals surface area contributed by atoms with Gasteiger partial charge in [0, 0.05) is 30.0 Å². The fraction of sp³-hybridized carbons (Fsp3) is 0.429. The molecule has 1 aliphatic rings. The van der Waals surface area contributed by atoms with Gasteiger partial charge < -0.3 is 15.8 Å². The number of nitrogens with two attached hydrogens (primary N) is 1. The van der Waals surface area contributed by atoms with E-state index in [0.717, 1.165) is 42.7 Å². The number of ether oxygens (including phenoxy) is 1. The predicted octanol–water partition coefficient (Wildman–Crippen LogP) is 3.72. The van der Waals surface area contributed by atoms with E-state index in [9.17, 15) is 4.79 Å². The zero-order chi connectivity index (χ0) is 18.4. The monoisotopic (exact) mass is 353 g/mol. The molecule has 0 aliphatic carbocycles. The first kappa shape index (κ1) is 18.4. The van der Waals surface area contributed by atoms with Crippen LogP contribution in [0.5, 0.6) is 0 Å². The summed E-state index contributed by atoms with van der Waals surface area (Å²) in [5, 5.41) is 2.99. The van der Waals surface area contributed by atoms with Crippen molar-refractivity contribution < 1.29 is 9.53 Å². The fourth-order valence-electron chi connectivity index (χ4n) is 3.30. The smallest absolute Gasteiger partial charge is 0.251 e. The second-order valence-electron chi connectivity index (χ2n) is 6.85. The quantitative estimate of drug-likeness (QED) is 0.744. The third-order valence-electron chi connectivity index (χ3n) is 4.78. The Labute approximate surface area is 155 Å². The molecule has 26 heavy (non-hydrogen) atoms. The lowest BCUT2D eigenvalue weighted by molar-refractivity contribution is 0.0947. The summed E-state index contributed by atoms with van der Waals surface area (Å²) in [5.74, 6) is 0.470. The van der Waals surface area contributed by atoms with E-state index < -0.39 is 0 Å². The number of nitrogens with one attached hydrogen (secondary N) is 1. The number of carbonyl (C=O) groups excluding carboxylic acids is 1. The molecule has 1 aromatic heterocycles. The Bertz CT molecular complexity index is 737. The summed E-state index contributed by atoms with van der Waals surface area (Å²) < 4.78 is 5.61. The van der Waals surface area contributed by atoms with Crippen molar-refractivity contribution in [3.05, 3.63) is 47.7 Å². The Balaban J connectivity index is 1.47. The molecule has 1 saturated heterocycles. The molecule has 0 saturated carbocycles. The van der Waals surface area contributed by atoms with Crippen molar-refractivity contribution in [3.8, 4) is 11.1 Å². The van der Waals surface area contributed by atoms with Gasteiger partial charge in [0.2, 0.25) is 0 Å². The minimum absolute atomic E-state index is 0.0383. The van der Waals surface area contributed by atoms with Crippen LogP contribution in [0.25, 0.3) is 11.1 Å². The summed E-state index contributed by atoms with van der Waals surface area (Å²) in [6, 6.07) is 11.4. The third kappa shape index (κ3) is 4.82. The molecule has 0 bridgehead atoms. The van der Waals surface area contributed by atoms with Crippen LogP contribution >= 0.6 is 0 Å². The highest BCUT2D eigenvalue weighted by molar-refractivity contribution is 5.94. The van der Waals surface area contributed by atoms with Crippen LogP contribution in [-0.4, -0.2) is 30.1 Å². The average Bonchev–Trinajstić information content (AvgIpc) is 3.15. The highest BCUT2D eigenvalue weighted by Crippen LogP contribution is 2.25. The topological polar surface area (TPSA) is 77.2 Å². The van der Waals surface area contributed by atoms with Crippen LogP contribution in [0.1, 0.15) is 48.2 Å². The first-order valence-electron chi connectivity index (χ1n) is 9.37. The van der Waals surface area contributed by atoms with Gasteiger partial charge in [-0.25, -0.2) is 4.98 Å². The number of benzene rings is 1. The second-order valence-corrected chi connectivity index (χ2v) is 6.85. The fourth-order valence-corrected chi connectivity index (χ4v) is 3.30. The number of hydrogen-bond acceptors (Lipinski definition) is 4. The van der Waals surface area contributed by atoms with Gasteiger partial charge in [0.15, 0.2) is 0 Å². The zero-order valence-corrected chi connectivity index (χ0v) is 15.3. The first-order valence-corrected chi connectivity index (χ1v) is 9.37. The number of amides is 1. The molecule has 1 atom stereocenters.